The van der Waals surface area contributed by atoms with Gasteiger partial charge in [0, 0.05) is 3.57 Å². The Morgan fingerprint density at radius 2 is 1.47 bits per heavy atom. The van der Waals surface area contributed by atoms with E-state index in [1.54, 1.807) is 0 Å². The Balaban J connectivity index is 2.07. The molecule has 3 aromatic rings. The highest BCUT2D eigenvalue weighted by Crippen LogP contribution is 2.26. The first kappa shape index (κ1) is 12.6. The molecule has 2 heteroatoms. The van der Waals surface area contributed by atoms with E-state index in [0.717, 1.165) is 5.56 Å². The van der Waals surface area contributed by atoms with Gasteiger partial charge in [0.2, 0.25) is 0 Å². The van der Waals surface area contributed by atoms with Gasteiger partial charge >= 0.3 is 0 Å². The summed E-state index contributed by atoms with van der Waals surface area (Å²) in [6.45, 7) is 0. The van der Waals surface area contributed by atoms with Crippen LogP contribution in [0.15, 0.2) is 66.7 Å². The lowest BCUT2D eigenvalue weighted by atomic mass is 9.97. The smallest absolute Gasteiger partial charge is 0.0562 e. The molecule has 0 spiro atoms. The van der Waals surface area contributed by atoms with Gasteiger partial charge in [0.05, 0.1) is 6.04 Å². The quantitative estimate of drug-likeness (QED) is 0.671. The summed E-state index contributed by atoms with van der Waals surface area (Å²) in [5.74, 6) is 0. The summed E-state index contributed by atoms with van der Waals surface area (Å²) in [4.78, 5) is 0. The maximum absolute atomic E-state index is 6.40. The Bertz CT molecular complexity index is 721. The summed E-state index contributed by atoms with van der Waals surface area (Å²) in [6.07, 6.45) is 0. The zero-order chi connectivity index (χ0) is 13.2. The van der Waals surface area contributed by atoms with Crippen LogP contribution in [0, 0.1) is 3.57 Å². The Hall–Kier alpha value is -1.39. The number of halogens is 1. The van der Waals surface area contributed by atoms with Gasteiger partial charge in [0.1, 0.15) is 0 Å². The molecule has 3 aromatic carbocycles. The Morgan fingerprint density at radius 3 is 2.26 bits per heavy atom. The summed E-state index contributed by atoms with van der Waals surface area (Å²) in [6, 6.07) is 23.0. The SMILES string of the molecule is NC(c1ccc2ccccc2c1)c1ccccc1I. The summed E-state index contributed by atoms with van der Waals surface area (Å²) in [5.41, 5.74) is 8.74. The van der Waals surface area contributed by atoms with E-state index < -0.39 is 0 Å². The summed E-state index contributed by atoms with van der Waals surface area (Å²) >= 11 is 2.34. The second-order valence-corrected chi connectivity index (χ2v) is 5.77. The Morgan fingerprint density at radius 1 is 0.789 bits per heavy atom. The molecule has 94 valence electrons. The van der Waals surface area contributed by atoms with Gasteiger partial charge in [-0.1, -0.05) is 54.6 Å². The molecule has 0 amide bonds. The van der Waals surface area contributed by atoms with Gasteiger partial charge in [-0.05, 0) is 56.6 Å². The van der Waals surface area contributed by atoms with Gasteiger partial charge in [0.25, 0.3) is 0 Å². The molecule has 3 rings (SSSR count). The van der Waals surface area contributed by atoms with E-state index in [2.05, 4.69) is 77.2 Å². The van der Waals surface area contributed by atoms with Gasteiger partial charge in [-0.25, -0.2) is 0 Å². The lowest BCUT2D eigenvalue weighted by molar-refractivity contribution is 0.867. The fourth-order valence-corrected chi connectivity index (χ4v) is 3.03. The van der Waals surface area contributed by atoms with E-state index in [9.17, 15) is 0 Å². The minimum atomic E-state index is -0.0716. The molecule has 0 radical (unpaired) electrons. The first-order chi connectivity index (χ1) is 9.25. The number of hydrogen-bond donors (Lipinski definition) is 1. The zero-order valence-corrected chi connectivity index (χ0v) is 12.5. The average Bonchev–Trinajstić information content (AvgIpc) is 2.46. The van der Waals surface area contributed by atoms with Gasteiger partial charge in [-0.15, -0.1) is 0 Å². The van der Waals surface area contributed by atoms with Gasteiger partial charge in [-0.3, -0.25) is 0 Å². The van der Waals surface area contributed by atoms with Gasteiger partial charge < -0.3 is 5.73 Å². The minimum Gasteiger partial charge on any atom is -0.320 e. The molecule has 0 aliphatic carbocycles. The molecule has 0 aromatic heterocycles. The van der Waals surface area contributed by atoms with Crippen molar-refractivity contribution in [3.05, 3.63) is 81.4 Å². The first-order valence-corrected chi connectivity index (χ1v) is 7.32. The minimum absolute atomic E-state index is 0.0716. The number of hydrogen-bond acceptors (Lipinski definition) is 1. The zero-order valence-electron chi connectivity index (χ0n) is 10.4. The Kier molecular flexibility index (Phi) is 3.53. The van der Waals surface area contributed by atoms with Crippen molar-refractivity contribution in [1.82, 2.24) is 0 Å². The highest BCUT2D eigenvalue weighted by Gasteiger charge is 2.11. The summed E-state index contributed by atoms with van der Waals surface area (Å²) in [7, 11) is 0. The molecule has 1 nitrogen and oxygen atoms in total. The number of benzene rings is 3. The molecule has 0 saturated heterocycles. The lowest BCUT2D eigenvalue weighted by Crippen LogP contribution is -2.13. The van der Waals surface area contributed by atoms with E-state index in [1.807, 2.05) is 12.1 Å². The van der Waals surface area contributed by atoms with Crippen LogP contribution in [0.5, 0.6) is 0 Å². The van der Waals surface area contributed by atoms with Crippen molar-refractivity contribution in [1.29, 1.82) is 0 Å². The predicted molar refractivity (Wildman–Crippen MR) is 89.1 cm³/mol. The third-order valence-corrected chi connectivity index (χ3v) is 4.36. The standard InChI is InChI=1S/C17H14IN/c18-16-8-4-3-7-15(16)17(19)14-10-9-12-5-1-2-6-13(12)11-14/h1-11,17H,19H2. The molecule has 1 unspecified atom stereocenters. The first-order valence-electron chi connectivity index (χ1n) is 6.24. The van der Waals surface area contributed by atoms with E-state index in [0.29, 0.717) is 0 Å². The van der Waals surface area contributed by atoms with Crippen LogP contribution in [-0.4, -0.2) is 0 Å². The molecule has 19 heavy (non-hydrogen) atoms. The van der Waals surface area contributed by atoms with E-state index >= 15 is 0 Å². The van der Waals surface area contributed by atoms with Crippen molar-refractivity contribution in [3.63, 3.8) is 0 Å². The number of rotatable bonds is 2. The topological polar surface area (TPSA) is 26.0 Å². The lowest BCUT2D eigenvalue weighted by Gasteiger charge is -2.15. The van der Waals surface area contributed by atoms with E-state index in [1.165, 1.54) is 19.9 Å². The molecule has 2 N–H and O–H groups in total. The monoisotopic (exact) mass is 359 g/mol. The maximum atomic E-state index is 6.40. The molecule has 0 aliphatic rings. The Labute approximate surface area is 126 Å². The van der Waals surface area contributed by atoms with Crippen LogP contribution in [0.3, 0.4) is 0 Å². The largest absolute Gasteiger partial charge is 0.320 e. The van der Waals surface area contributed by atoms with E-state index in [-0.39, 0.29) is 6.04 Å². The van der Waals surface area contributed by atoms with Crippen molar-refractivity contribution in [3.8, 4) is 0 Å². The second kappa shape index (κ2) is 5.31. The predicted octanol–water partition coefficient (Wildman–Crippen LogP) is 4.49. The molecule has 0 heterocycles. The molecule has 0 bridgehead atoms. The molecule has 1 atom stereocenters. The van der Waals surface area contributed by atoms with Gasteiger partial charge in [0.15, 0.2) is 0 Å². The molecule has 0 saturated carbocycles. The summed E-state index contributed by atoms with van der Waals surface area (Å²) in [5, 5.41) is 2.49. The van der Waals surface area contributed by atoms with Crippen molar-refractivity contribution >= 4 is 33.4 Å². The molecule has 0 aliphatic heterocycles. The molecular formula is C17H14IN. The van der Waals surface area contributed by atoms with Crippen LogP contribution >= 0.6 is 22.6 Å². The maximum Gasteiger partial charge on any atom is 0.0562 e. The number of fused-ring (bicyclic) bond motifs is 1. The normalized spacial score (nSPS) is 12.5. The molecular weight excluding hydrogens is 345 g/mol. The van der Waals surface area contributed by atoms with Crippen molar-refractivity contribution < 1.29 is 0 Å². The highest BCUT2D eigenvalue weighted by molar-refractivity contribution is 14.1. The van der Waals surface area contributed by atoms with E-state index in [4.69, 9.17) is 5.73 Å². The van der Waals surface area contributed by atoms with Crippen molar-refractivity contribution in [2.45, 2.75) is 6.04 Å². The fourth-order valence-electron chi connectivity index (χ4n) is 2.31. The van der Waals surface area contributed by atoms with Crippen LogP contribution in [-0.2, 0) is 0 Å². The second-order valence-electron chi connectivity index (χ2n) is 4.61. The molecule has 0 fully saturated rings. The van der Waals surface area contributed by atoms with Crippen LogP contribution in [0.2, 0.25) is 0 Å². The van der Waals surface area contributed by atoms with Crippen LogP contribution in [0.1, 0.15) is 17.2 Å². The van der Waals surface area contributed by atoms with Crippen molar-refractivity contribution in [2.24, 2.45) is 5.73 Å². The summed E-state index contributed by atoms with van der Waals surface area (Å²) < 4.78 is 1.21. The van der Waals surface area contributed by atoms with Crippen molar-refractivity contribution in [2.75, 3.05) is 0 Å². The fraction of sp³-hybridized carbons (Fsp3) is 0.0588. The average molecular weight is 359 g/mol. The van der Waals surface area contributed by atoms with Crippen LogP contribution in [0.25, 0.3) is 10.8 Å². The third-order valence-electron chi connectivity index (χ3n) is 3.37. The van der Waals surface area contributed by atoms with Crippen LogP contribution in [0.4, 0.5) is 0 Å². The van der Waals surface area contributed by atoms with Crippen LogP contribution < -0.4 is 5.73 Å². The van der Waals surface area contributed by atoms with Gasteiger partial charge in [-0.2, -0.15) is 0 Å². The highest BCUT2D eigenvalue weighted by atomic mass is 127. The number of nitrogens with two attached hydrogens (primary N) is 1. The third kappa shape index (κ3) is 2.51.